The smallest absolute Gasteiger partial charge is 0.207 e. The van der Waals surface area contributed by atoms with Crippen molar-refractivity contribution in [3.8, 4) is 23.0 Å². The van der Waals surface area contributed by atoms with Crippen molar-refractivity contribution in [2.24, 2.45) is 5.73 Å². The first-order valence-electron chi connectivity index (χ1n) is 5.70. The minimum absolute atomic E-state index is 0.0155. The van der Waals surface area contributed by atoms with Crippen LogP contribution in [-0.4, -0.2) is 34.5 Å². The molecule has 1 aromatic carbocycles. The third-order valence-electron chi connectivity index (χ3n) is 2.61. The lowest BCUT2D eigenvalue weighted by Gasteiger charge is -2.19. The zero-order chi connectivity index (χ0) is 13.7. The van der Waals surface area contributed by atoms with E-state index in [1.165, 1.54) is 0 Å². The normalized spacial score (nSPS) is 11.9. The Hall–Kier alpha value is -1.62. The Morgan fingerprint density at radius 1 is 0.944 bits per heavy atom. The Labute approximate surface area is 108 Å². The summed E-state index contributed by atoms with van der Waals surface area (Å²) in [5, 5.41) is 0. The second kappa shape index (κ2) is 6.35. The summed E-state index contributed by atoms with van der Waals surface area (Å²) in [6, 6.07) is 1.88. The predicted molar refractivity (Wildman–Crippen MR) is 70.0 cm³/mol. The molecule has 0 aromatic heterocycles. The number of rotatable bonds is 6. The lowest BCUT2D eigenvalue weighted by Crippen LogP contribution is -2.18. The Morgan fingerprint density at radius 2 is 1.50 bits per heavy atom. The number of benzene rings is 1. The molecular formula is C13H21NO4. The van der Waals surface area contributed by atoms with Crippen LogP contribution >= 0.6 is 0 Å². The van der Waals surface area contributed by atoms with E-state index in [1.807, 2.05) is 13.0 Å². The lowest BCUT2D eigenvalue weighted by molar-refractivity contribution is 0.303. The van der Waals surface area contributed by atoms with Crippen LogP contribution in [0.2, 0.25) is 0 Å². The maximum atomic E-state index is 5.83. The molecule has 5 heteroatoms. The fourth-order valence-corrected chi connectivity index (χ4v) is 1.90. The van der Waals surface area contributed by atoms with Crippen LogP contribution in [0.5, 0.6) is 23.0 Å². The molecule has 1 rings (SSSR count). The summed E-state index contributed by atoms with van der Waals surface area (Å²) in [5.74, 6) is 2.28. The highest BCUT2D eigenvalue weighted by molar-refractivity contribution is 5.63. The molecule has 1 atom stereocenters. The zero-order valence-corrected chi connectivity index (χ0v) is 11.6. The molecule has 0 amide bonds. The quantitative estimate of drug-likeness (QED) is 0.836. The molecule has 0 aliphatic carbocycles. The summed E-state index contributed by atoms with van der Waals surface area (Å²) in [7, 11) is 6.30. The molecule has 0 fully saturated rings. The molecule has 2 N–H and O–H groups in total. The van der Waals surface area contributed by atoms with Crippen LogP contribution in [0.15, 0.2) is 6.07 Å². The molecule has 1 aromatic rings. The van der Waals surface area contributed by atoms with E-state index < -0.39 is 0 Å². The number of ether oxygens (including phenoxy) is 4. The van der Waals surface area contributed by atoms with Gasteiger partial charge >= 0.3 is 0 Å². The summed E-state index contributed by atoms with van der Waals surface area (Å²) in [6.07, 6.45) is 0.667. The Morgan fingerprint density at radius 3 is 1.89 bits per heavy atom. The van der Waals surface area contributed by atoms with Crippen molar-refractivity contribution >= 4 is 0 Å². The minimum Gasteiger partial charge on any atom is -0.493 e. The summed E-state index contributed by atoms with van der Waals surface area (Å²) in [4.78, 5) is 0. The summed E-state index contributed by atoms with van der Waals surface area (Å²) in [5.41, 5.74) is 6.77. The molecule has 0 aliphatic heterocycles. The van der Waals surface area contributed by atoms with E-state index in [0.717, 1.165) is 5.56 Å². The van der Waals surface area contributed by atoms with Gasteiger partial charge in [-0.05, 0) is 19.4 Å². The topological polar surface area (TPSA) is 62.9 Å². The monoisotopic (exact) mass is 255 g/mol. The fourth-order valence-electron chi connectivity index (χ4n) is 1.90. The average Bonchev–Trinajstić information content (AvgIpc) is 2.36. The Bertz CT molecular complexity index is 404. The average molecular weight is 255 g/mol. The van der Waals surface area contributed by atoms with Gasteiger partial charge in [-0.25, -0.2) is 0 Å². The molecule has 102 valence electrons. The standard InChI is InChI=1S/C13H21NO4/c1-8(14)6-9-7-10(15-2)12(17-4)13(18-5)11(9)16-3/h7-8H,6,14H2,1-5H3. The molecule has 18 heavy (non-hydrogen) atoms. The van der Waals surface area contributed by atoms with E-state index >= 15 is 0 Å². The predicted octanol–water partition coefficient (Wildman–Crippen LogP) is 1.61. The van der Waals surface area contributed by atoms with Crippen LogP contribution in [0.25, 0.3) is 0 Å². The van der Waals surface area contributed by atoms with Crippen LogP contribution < -0.4 is 24.7 Å². The maximum absolute atomic E-state index is 5.83. The van der Waals surface area contributed by atoms with Gasteiger partial charge in [0.25, 0.3) is 0 Å². The first-order valence-corrected chi connectivity index (χ1v) is 5.70. The van der Waals surface area contributed by atoms with Crippen LogP contribution in [0.1, 0.15) is 12.5 Å². The molecule has 0 spiro atoms. The molecule has 0 aliphatic rings. The molecule has 1 unspecified atom stereocenters. The fraction of sp³-hybridized carbons (Fsp3) is 0.538. The Balaban J connectivity index is 3.42. The lowest BCUT2D eigenvalue weighted by atomic mass is 10.0. The van der Waals surface area contributed by atoms with E-state index in [-0.39, 0.29) is 6.04 Å². The van der Waals surface area contributed by atoms with Crippen molar-refractivity contribution < 1.29 is 18.9 Å². The number of hydrogen-bond donors (Lipinski definition) is 1. The second-order valence-corrected chi connectivity index (χ2v) is 4.02. The third-order valence-corrected chi connectivity index (χ3v) is 2.61. The zero-order valence-electron chi connectivity index (χ0n) is 11.6. The van der Waals surface area contributed by atoms with E-state index in [4.69, 9.17) is 24.7 Å². The highest BCUT2D eigenvalue weighted by Crippen LogP contribution is 2.46. The van der Waals surface area contributed by atoms with E-state index in [0.29, 0.717) is 29.4 Å². The second-order valence-electron chi connectivity index (χ2n) is 4.02. The van der Waals surface area contributed by atoms with Gasteiger partial charge in [-0.3, -0.25) is 0 Å². The number of hydrogen-bond acceptors (Lipinski definition) is 5. The Kier molecular flexibility index (Phi) is 5.09. The van der Waals surface area contributed by atoms with Gasteiger partial charge in [-0.15, -0.1) is 0 Å². The highest BCUT2D eigenvalue weighted by atomic mass is 16.5. The van der Waals surface area contributed by atoms with Gasteiger partial charge in [0.15, 0.2) is 11.5 Å². The van der Waals surface area contributed by atoms with Crippen molar-refractivity contribution in [3.05, 3.63) is 11.6 Å². The van der Waals surface area contributed by atoms with Crippen molar-refractivity contribution in [1.29, 1.82) is 0 Å². The van der Waals surface area contributed by atoms with Crippen molar-refractivity contribution in [2.75, 3.05) is 28.4 Å². The first kappa shape index (κ1) is 14.4. The highest BCUT2D eigenvalue weighted by Gasteiger charge is 2.21. The van der Waals surface area contributed by atoms with Gasteiger partial charge in [0.05, 0.1) is 28.4 Å². The van der Waals surface area contributed by atoms with Gasteiger partial charge in [0, 0.05) is 11.6 Å². The molecule has 0 saturated carbocycles. The first-order chi connectivity index (χ1) is 8.58. The van der Waals surface area contributed by atoms with Crippen LogP contribution in [0.3, 0.4) is 0 Å². The van der Waals surface area contributed by atoms with Gasteiger partial charge in [0.1, 0.15) is 0 Å². The van der Waals surface area contributed by atoms with Gasteiger partial charge in [-0.2, -0.15) is 0 Å². The molecule has 0 radical (unpaired) electrons. The third kappa shape index (κ3) is 2.79. The van der Waals surface area contributed by atoms with Crippen molar-refractivity contribution in [3.63, 3.8) is 0 Å². The van der Waals surface area contributed by atoms with Gasteiger partial charge in [0.2, 0.25) is 11.5 Å². The number of nitrogens with two attached hydrogens (primary N) is 1. The largest absolute Gasteiger partial charge is 0.493 e. The minimum atomic E-state index is 0.0155. The van der Waals surface area contributed by atoms with E-state index in [9.17, 15) is 0 Å². The van der Waals surface area contributed by atoms with Crippen molar-refractivity contribution in [1.82, 2.24) is 0 Å². The van der Waals surface area contributed by atoms with Crippen LogP contribution in [0.4, 0.5) is 0 Å². The summed E-state index contributed by atoms with van der Waals surface area (Å²) in [6.45, 7) is 1.93. The number of methoxy groups -OCH3 is 4. The summed E-state index contributed by atoms with van der Waals surface area (Å²) >= 11 is 0. The molecule has 0 heterocycles. The maximum Gasteiger partial charge on any atom is 0.207 e. The molecule has 5 nitrogen and oxygen atoms in total. The van der Waals surface area contributed by atoms with Gasteiger partial charge < -0.3 is 24.7 Å². The molecular weight excluding hydrogens is 234 g/mol. The van der Waals surface area contributed by atoms with E-state index in [1.54, 1.807) is 28.4 Å². The molecule has 0 saturated heterocycles. The molecule has 0 bridgehead atoms. The van der Waals surface area contributed by atoms with Crippen molar-refractivity contribution in [2.45, 2.75) is 19.4 Å². The van der Waals surface area contributed by atoms with Crippen LogP contribution in [0, 0.1) is 0 Å². The summed E-state index contributed by atoms with van der Waals surface area (Å²) < 4.78 is 21.3. The van der Waals surface area contributed by atoms with Crippen LogP contribution in [-0.2, 0) is 6.42 Å². The SMILES string of the molecule is COc1cc(CC(C)N)c(OC)c(OC)c1OC. The van der Waals surface area contributed by atoms with Gasteiger partial charge in [-0.1, -0.05) is 0 Å². The van der Waals surface area contributed by atoms with E-state index in [2.05, 4.69) is 0 Å².